The van der Waals surface area contributed by atoms with Crippen molar-refractivity contribution >= 4 is 11.9 Å². The minimum Gasteiger partial charge on any atom is -0.462 e. The van der Waals surface area contributed by atoms with E-state index in [4.69, 9.17) is 9.47 Å². The molecule has 0 aromatic rings. The van der Waals surface area contributed by atoms with E-state index in [1.54, 1.807) is 0 Å². The van der Waals surface area contributed by atoms with Crippen molar-refractivity contribution in [3.05, 3.63) is 85.1 Å². The van der Waals surface area contributed by atoms with Crippen LogP contribution in [0.3, 0.4) is 0 Å². The molecule has 1 unspecified atom stereocenters. The lowest BCUT2D eigenvalue weighted by Crippen LogP contribution is -2.28. The molecule has 0 bridgehead atoms. The van der Waals surface area contributed by atoms with Crippen LogP contribution in [0.1, 0.15) is 354 Å². The Hall–Kier alpha value is -2.92. The molecular weight excluding hydrogens is 969 g/mol. The van der Waals surface area contributed by atoms with Crippen molar-refractivity contribution in [2.24, 2.45) is 0 Å². The number of rotatable bonds is 64. The lowest BCUT2D eigenvalue weighted by Gasteiger charge is -2.15. The summed E-state index contributed by atoms with van der Waals surface area (Å²) in [5.41, 5.74) is 0. The Kier molecular flexibility index (Phi) is 66.8. The molecule has 0 aliphatic rings. The van der Waals surface area contributed by atoms with Crippen LogP contribution in [0.25, 0.3) is 0 Å². The molecule has 0 radical (unpaired) electrons. The first-order chi connectivity index (χ1) is 39.1. The average molecular weight is 1100 g/mol. The first kappa shape index (κ1) is 76.1. The third kappa shape index (κ3) is 67.5. The Morgan fingerprint density at radius 3 is 0.823 bits per heavy atom. The van der Waals surface area contributed by atoms with Crippen molar-refractivity contribution in [1.29, 1.82) is 0 Å². The van der Waals surface area contributed by atoms with Gasteiger partial charge < -0.3 is 14.6 Å². The molecule has 0 aliphatic carbocycles. The van der Waals surface area contributed by atoms with Gasteiger partial charge in [0.1, 0.15) is 6.61 Å². The zero-order valence-electron chi connectivity index (χ0n) is 52.6. The molecule has 79 heavy (non-hydrogen) atoms. The van der Waals surface area contributed by atoms with Gasteiger partial charge in [-0.25, -0.2) is 0 Å². The van der Waals surface area contributed by atoms with Crippen LogP contribution in [0.5, 0.6) is 0 Å². The predicted molar refractivity (Wildman–Crippen MR) is 348 cm³/mol. The fraction of sp³-hybridized carbons (Fsp3) is 0.784. The number of unbranched alkanes of at least 4 members (excludes halogenated alkanes) is 42. The van der Waals surface area contributed by atoms with Gasteiger partial charge in [-0.3, -0.25) is 9.59 Å². The third-order valence-electron chi connectivity index (χ3n) is 15.5. The minimum atomic E-state index is -0.772. The van der Waals surface area contributed by atoms with Crippen molar-refractivity contribution in [2.75, 3.05) is 13.2 Å². The second-order valence-corrected chi connectivity index (χ2v) is 23.2. The van der Waals surface area contributed by atoms with Crippen LogP contribution in [-0.4, -0.2) is 36.4 Å². The largest absolute Gasteiger partial charge is 0.462 e. The van der Waals surface area contributed by atoms with Crippen molar-refractivity contribution in [2.45, 2.75) is 360 Å². The van der Waals surface area contributed by atoms with E-state index in [1.165, 1.54) is 250 Å². The number of hydrogen-bond acceptors (Lipinski definition) is 5. The van der Waals surface area contributed by atoms with Gasteiger partial charge in [0.05, 0.1) is 6.61 Å². The molecule has 0 heterocycles. The van der Waals surface area contributed by atoms with Gasteiger partial charge in [-0.1, -0.05) is 356 Å². The van der Waals surface area contributed by atoms with E-state index < -0.39 is 6.10 Å². The Balaban J connectivity index is 3.43. The second kappa shape index (κ2) is 69.3. The summed E-state index contributed by atoms with van der Waals surface area (Å²) in [5.74, 6) is -0.571. The number of esters is 2. The first-order valence-electron chi connectivity index (χ1n) is 34.6. The fourth-order valence-electron chi connectivity index (χ4n) is 10.3. The van der Waals surface area contributed by atoms with Crippen LogP contribution in [-0.2, 0) is 19.1 Å². The molecule has 0 fully saturated rings. The number of aliphatic hydroxyl groups is 1. The summed E-state index contributed by atoms with van der Waals surface area (Å²) in [4.78, 5) is 24.6. The SMILES string of the molecule is CC/C=C\C/C=C\C/C=C\C/C=C\C/C=C\C/C=C\C/C=C\CCCCCCCCCCCCCCCCCCCCCC(=O)OC(CO)COC(=O)CCCCCCCCCCCCCCCCCCCCCCCCCC. The van der Waals surface area contributed by atoms with Gasteiger partial charge in [0.15, 0.2) is 6.10 Å². The first-order valence-corrected chi connectivity index (χ1v) is 34.6. The summed E-state index contributed by atoms with van der Waals surface area (Å²) in [7, 11) is 0. The topological polar surface area (TPSA) is 72.8 Å². The monoisotopic (exact) mass is 1100 g/mol. The fourth-order valence-corrected chi connectivity index (χ4v) is 10.3. The number of carbonyl (C=O) groups is 2. The number of aliphatic hydroxyl groups excluding tert-OH is 1. The Labute approximate surface area is 492 Å². The van der Waals surface area contributed by atoms with E-state index in [0.717, 1.165) is 77.0 Å². The highest BCUT2D eigenvalue weighted by molar-refractivity contribution is 5.70. The number of carbonyl (C=O) groups excluding carboxylic acids is 2. The van der Waals surface area contributed by atoms with Gasteiger partial charge in [-0.05, 0) is 70.6 Å². The highest BCUT2D eigenvalue weighted by Gasteiger charge is 2.16. The van der Waals surface area contributed by atoms with E-state index >= 15 is 0 Å². The van der Waals surface area contributed by atoms with Crippen molar-refractivity contribution < 1.29 is 24.2 Å². The highest BCUT2D eigenvalue weighted by Crippen LogP contribution is 2.18. The molecule has 1 atom stereocenters. The van der Waals surface area contributed by atoms with E-state index in [-0.39, 0.29) is 25.2 Å². The lowest BCUT2D eigenvalue weighted by molar-refractivity contribution is -0.161. The van der Waals surface area contributed by atoms with Crippen LogP contribution < -0.4 is 0 Å². The molecule has 0 rings (SSSR count). The molecule has 458 valence electrons. The second-order valence-electron chi connectivity index (χ2n) is 23.2. The molecule has 0 saturated carbocycles. The molecule has 0 amide bonds. The average Bonchev–Trinajstić information content (AvgIpc) is 3.45. The van der Waals surface area contributed by atoms with Crippen LogP contribution in [0.2, 0.25) is 0 Å². The summed E-state index contributed by atoms with van der Waals surface area (Å²) >= 11 is 0. The maximum Gasteiger partial charge on any atom is 0.306 e. The Morgan fingerprint density at radius 1 is 0.304 bits per heavy atom. The Morgan fingerprint density at radius 2 is 0.544 bits per heavy atom. The minimum absolute atomic E-state index is 0.0614. The quantitative estimate of drug-likeness (QED) is 0.0373. The van der Waals surface area contributed by atoms with Gasteiger partial charge >= 0.3 is 11.9 Å². The lowest BCUT2D eigenvalue weighted by atomic mass is 10.0. The van der Waals surface area contributed by atoms with E-state index in [2.05, 4.69) is 98.9 Å². The van der Waals surface area contributed by atoms with Crippen LogP contribution in [0, 0.1) is 0 Å². The molecule has 5 heteroatoms. The van der Waals surface area contributed by atoms with Crippen molar-refractivity contribution in [3.8, 4) is 0 Å². The normalized spacial score (nSPS) is 12.7. The molecule has 5 nitrogen and oxygen atoms in total. The Bertz CT molecular complexity index is 1430. The molecule has 1 N–H and O–H groups in total. The molecule has 0 saturated heterocycles. The summed E-state index contributed by atoms with van der Waals surface area (Å²) in [6, 6.07) is 0. The molecular formula is C74H132O5. The van der Waals surface area contributed by atoms with E-state index in [1.807, 2.05) is 0 Å². The van der Waals surface area contributed by atoms with Crippen LogP contribution >= 0.6 is 0 Å². The van der Waals surface area contributed by atoms with Gasteiger partial charge in [0.25, 0.3) is 0 Å². The van der Waals surface area contributed by atoms with Crippen molar-refractivity contribution in [1.82, 2.24) is 0 Å². The van der Waals surface area contributed by atoms with Gasteiger partial charge in [-0.2, -0.15) is 0 Å². The molecule has 0 aromatic heterocycles. The summed E-state index contributed by atoms with van der Waals surface area (Å²) in [6.07, 6.45) is 97.6. The summed E-state index contributed by atoms with van der Waals surface area (Å²) < 4.78 is 10.8. The zero-order valence-corrected chi connectivity index (χ0v) is 52.6. The van der Waals surface area contributed by atoms with Crippen LogP contribution in [0.15, 0.2) is 85.1 Å². The smallest absolute Gasteiger partial charge is 0.306 e. The van der Waals surface area contributed by atoms with E-state index in [9.17, 15) is 14.7 Å². The number of allylic oxidation sites excluding steroid dienone is 14. The van der Waals surface area contributed by atoms with Gasteiger partial charge in [0.2, 0.25) is 0 Å². The van der Waals surface area contributed by atoms with Crippen LogP contribution in [0.4, 0.5) is 0 Å². The highest BCUT2D eigenvalue weighted by atomic mass is 16.6. The zero-order chi connectivity index (χ0) is 56.9. The summed E-state index contributed by atoms with van der Waals surface area (Å²) in [6.45, 7) is 4.08. The maximum atomic E-state index is 12.4. The standard InChI is InChI=1S/C74H132O5/c1-3-5-7-9-11-13-15-17-19-21-23-25-27-29-30-31-32-33-34-35-36-37-38-39-40-41-42-43-44-45-47-49-51-53-55-57-59-61-63-65-67-69-74(77)79-72(70-75)71-78-73(76)68-66-64-62-60-58-56-54-52-50-48-46-28-26-24-22-20-18-16-14-12-10-8-6-4-2/h5,7,11,13,17,19,23,25,29-30,32-33,35-36,72,75H,3-4,6,8-10,12,14-16,18,20-22,24,26-28,31,34,37-71H2,1-2H3/b7-5-,13-11-,19-17-,25-23-,30-29-,33-32-,36-35-. The maximum absolute atomic E-state index is 12.4. The molecule has 0 aromatic carbocycles. The third-order valence-corrected chi connectivity index (χ3v) is 15.5. The number of hydrogen-bond donors (Lipinski definition) is 1. The molecule has 0 aliphatic heterocycles. The summed E-state index contributed by atoms with van der Waals surface area (Å²) in [5, 5.41) is 9.70. The van der Waals surface area contributed by atoms with E-state index in [0.29, 0.717) is 12.8 Å². The van der Waals surface area contributed by atoms with Gasteiger partial charge in [0, 0.05) is 12.8 Å². The number of ether oxygens (including phenoxy) is 2. The predicted octanol–water partition coefficient (Wildman–Crippen LogP) is 24.0. The van der Waals surface area contributed by atoms with Gasteiger partial charge in [-0.15, -0.1) is 0 Å². The van der Waals surface area contributed by atoms with Crippen molar-refractivity contribution in [3.63, 3.8) is 0 Å². The molecule has 0 spiro atoms.